The number of aryl methyl sites for hydroxylation is 2. The zero-order valence-electron chi connectivity index (χ0n) is 16.4. The lowest BCUT2D eigenvalue weighted by molar-refractivity contribution is -0.146. The van der Waals surface area contributed by atoms with Crippen molar-refractivity contribution in [2.45, 2.75) is 39.0 Å². The highest BCUT2D eigenvalue weighted by Crippen LogP contribution is 2.49. The Balaban J connectivity index is 1.56. The van der Waals surface area contributed by atoms with E-state index >= 15 is 0 Å². The first-order valence-corrected chi connectivity index (χ1v) is 10.3. The molecule has 1 aromatic carbocycles. The van der Waals surface area contributed by atoms with Crippen LogP contribution in [-0.4, -0.2) is 27.9 Å². The number of amides is 1. The Hall–Kier alpha value is -3.00. The Bertz CT molecular complexity index is 1170. The van der Waals surface area contributed by atoms with Crippen molar-refractivity contribution in [2.75, 3.05) is 11.9 Å². The number of hydrogen-bond acceptors (Lipinski definition) is 6. The Morgan fingerprint density at radius 1 is 1.24 bits per heavy atom. The summed E-state index contributed by atoms with van der Waals surface area (Å²) in [5, 5.41) is 2.74. The van der Waals surface area contributed by atoms with Gasteiger partial charge in [0, 0.05) is 22.5 Å². The van der Waals surface area contributed by atoms with Crippen LogP contribution in [0.3, 0.4) is 0 Å². The summed E-state index contributed by atoms with van der Waals surface area (Å²) in [5.74, 6) is -0.718. The standard InChI is InChI=1S/C21H21N3O4S/c1-4-28-19(27)21(9-10-21)14-5-7-15(8-6-14)23-17(25)16-11-22-20-24(18(16)26)12(2)13(3)29-20/h5-8,11H,4,9-10H2,1-3H3,(H,23,25). The second-order valence-electron chi connectivity index (χ2n) is 7.17. The van der Waals surface area contributed by atoms with Gasteiger partial charge in [-0.3, -0.25) is 18.8 Å². The molecular weight excluding hydrogens is 390 g/mol. The van der Waals surface area contributed by atoms with Gasteiger partial charge in [-0.05, 0) is 51.3 Å². The average Bonchev–Trinajstić information content (AvgIpc) is 3.45. The third kappa shape index (κ3) is 3.23. The van der Waals surface area contributed by atoms with Crippen LogP contribution in [0.2, 0.25) is 0 Å². The monoisotopic (exact) mass is 411 g/mol. The maximum Gasteiger partial charge on any atom is 0.316 e. The summed E-state index contributed by atoms with van der Waals surface area (Å²) in [4.78, 5) is 43.4. The third-order valence-corrected chi connectivity index (χ3v) is 6.45. The molecule has 1 amide bonds. The summed E-state index contributed by atoms with van der Waals surface area (Å²) >= 11 is 1.42. The summed E-state index contributed by atoms with van der Waals surface area (Å²) in [7, 11) is 0. The molecule has 7 nitrogen and oxygen atoms in total. The van der Waals surface area contributed by atoms with Crippen LogP contribution in [0, 0.1) is 13.8 Å². The number of hydrogen-bond donors (Lipinski definition) is 1. The number of nitrogens with zero attached hydrogens (tertiary/aromatic N) is 2. The highest BCUT2D eigenvalue weighted by atomic mass is 32.1. The number of carbonyl (C=O) groups excluding carboxylic acids is 2. The molecule has 150 valence electrons. The van der Waals surface area contributed by atoms with E-state index in [1.807, 2.05) is 26.0 Å². The van der Waals surface area contributed by atoms with Gasteiger partial charge in [0.2, 0.25) is 0 Å². The van der Waals surface area contributed by atoms with Gasteiger partial charge < -0.3 is 10.1 Å². The van der Waals surface area contributed by atoms with Crippen LogP contribution < -0.4 is 10.9 Å². The molecule has 1 N–H and O–H groups in total. The SMILES string of the molecule is CCOC(=O)C1(c2ccc(NC(=O)c3cnc4sc(C)c(C)n4c3=O)cc2)CC1. The first kappa shape index (κ1) is 19.3. The van der Waals surface area contributed by atoms with Gasteiger partial charge in [-0.1, -0.05) is 12.1 Å². The van der Waals surface area contributed by atoms with Crippen LogP contribution in [0.5, 0.6) is 0 Å². The lowest BCUT2D eigenvalue weighted by atomic mass is 9.96. The molecule has 1 fully saturated rings. The van der Waals surface area contributed by atoms with Crippen LogP contribution in [-0.2, 0) is 14.9 Å². The van der Waals surface area contributed by atoms with Crippen molar-refractivity contribution in [1.29, 1.82) is 0 Å². The van der Waals surface area contributed by atoms with Crippen LogP contribution in [0.1, 0.15) is 46.3 Å². The smallest absolute Gasteiger partial charge is 0.316 e. The Labute approximate surface area is 171 Å². The summed E-state index contributed by atoms with van der Waals surface area (Å²) in [6, 6.07) is 7.10. The summed E-state index contributed by atoms with van der Waals surface area (Å²) in [6.07, 6.45) is 2.84. The molecule has 2 aromatic heterocycles. The van der Waals surface area contributed by atoms with Crippen molar-refractivity contribution in [1.82, 2.24) is 9.38 Å². The molecule has 2 heterocycles. The molecule has 4 rings (SSSR count). The van der Waals surface area contributed by atoms with E-state index in [9.17, 15) is 14.4 Å². The van der Waals surface area contributed by atoms with Gasteiger partial charge in [0.05, 0.1) is 12.0 Å². The third-order valence-electron chi connectivity index (χ3n) is 5.37. The number of thiazole rings is 1. The van der Waals surface area contributed by atoms with E-state index in [4.69, 9.17) is 4.74 Å². The van der Waals surface area contributed by atoms with Gasteiger partial charge in [0.15, 0.2) is 4.96 Å². The van der Waals surface area contributed by atoms with Crippen molar-refractivity contribution >= 4 is 33.9 Å². The molecule has 3 aromatic rings. The lowest BCUT2D eigenvalue weighted by Crippen LogP contribution is -2.27. The molecule has 0 radical (unpaired) electrons. The predicted octanol–water partition coefficient (Wildman–Crippen LogP) is 3.22. The fourth-order valence-corrected chi connectivity index (χ4v) is 4.34. The number of fused-ring (bicyclic) bond motifs is 1. The minimum absolute atomic E-state index is 0.0161. The topological polar surface area (TPSA) is 89.8 Å². The molecule has 0 unspecified atom stereocenters. The lowest BCUT2D eigenvalue weighted by Gasteiger charge is -2.14. The van der Waals surface area contributed by atoms with Gasteiger partial charge >= 0.3 is 5.97 Å². The van der Waals surface area contributed by atoms with E-state index in [-0.39, 0.29) is 17.1 Å². The molecule has 0 saturated heterocycles. The molecule has 1 aliphatic rings. The van der Waals surface area contributed by atoms with Crippen molar-refractivity contribution < 1.29 is 14.3 Å². The zero-order valence-corrected chi connectivity index (χ0v) is 17.3. The molecule has 29 heavy (non-hydrogen) atoms. The average molecular weight is 411 g/mol. The second kappa shape index (κ2) is 7.11. The number of esters is 1. The molecule has 0 spiro atoms. The number of aromatic nitrogens is 2. The van der Waals surface area contributed by atoms with E-state index in [2.05, 4.69) is 10.3 Å². The number of anilines is 1. The highest BCUT2D eigenvalue weighted by Gasteiger charge is 2.52. The maximum atomic E-state index is 12.7. The van der Waals surface area contributed by atoms with Crippen LogP contribution >= 0.6 is 11.3 Å². The summed E-state index contributed by atoms with van der Waals surface area (Å²) in [5.41, 5.74) is 1.25. The fourth-order valence-electron chi connectivity index (χ4n) is 3.41. The molecule has 1 aliphatic carbocycles. The molecule has 0 bridgehead atoms. The number of rotatable bonds is 5. The first-order valence-electron chi connectivity index (χ1n) is 9.44. The number of ether oxygens (including phenoxy) is 1. The fraction of sp³-hybridized carbons (Fsp3) is 0.333. The Kier molecular flexibility index (Phi) is 4.74. The van der Waals surface area contributed by atoms with Crippen molar-refractivity contribution in [3.05, 3.63) is 62.5 Å². The van der Waals surface area contributed by atoms with Gasteiger partial charge in [-0.2, -0.15) is 0 Å². The van der Waals surface area contributed by atoms with E-state index < -0.39 is 11.3 Å². The maximum absolute atomic E-state index is 12.7. The van der Waals surface area contributed by atoms with Crippen molar-refractivity contribution in [3.63, 3.8) is 0 Å². The predicted molar refractivity (Wildman–Crippen MR) is 111 cm³/mol. The summed E-state index contributed by atoms with van der Waals surface area (Å²) < 4.78 is 6.65. The normalized spacial score (nSPS) is 14.6. The Morgan fingerprint density at radius 3 is 2.55 bits per heavy atom. The zero-order chi connectivity index (χ0) is 20.8. The number of nitrogens with one attached hydrogen (secondary N) is 1. The molecule has 1 saturated carbocycles. The minimum atomic E-state index is -0.555. The van der Waals surface area contributed by atoms with Gasteiger partial charge in [-0.25, -0.2) is 4.98 Å². The van der Waals surface area contributed by atoms with E-state index in [0.29, 0.717) is 17.3 Å². The Morgan fingerprint density at radius 2 is 1.93 bits per heavy atom. The van der Waals surface area contributed by atoms with Crippen LogP contribution in [0.4, 0.5) is 5.69 Å². The van der Waals surface area contributed by atoms with E-state index in [1.54, 1.807) is 19.1 Å². The van der Waals surface area contributed by atoms with E-state index in [0.717, 1.165) is 29.0 Å². The van der Waals surface area contributed by atoms with E-state index in [1.165, 1.54) is 21.9 Å². The second-order valence-corrected chi connectivity index (χ2v) is 8.35. The molecule has 0 atom stereocenters. The minimum Gasteiger partial charge on any atom is -0.465 e. The van der Waals surface area contributed by atoms with Gasteiger partial charge in [0.25, 0.3) is 11.5 Å². The molecular formula is C21H21N3O4S. The van der Waals surface area contributed by atoms with Crippen LogP contribution in [0.15, 0.2) is 35.3 Å². The van der Waals surface area contributed by atoms with Crippen molar-refractivity contribution in [2.24, 2.45) is 0 Å². The quantitative estimate of drug-likeness (QED) is 0.651. The molecule has 0 aliphatic heterocycles. The largest absolute Gasteiger partial charge is 0.465 e. The van der Waals surface area contributed by atoms with Gasteiger partial charge in [0.1, 0.15) is 5.56 Å². The molecule has 8 heteroatoms. The number of carbonyl (C=O) groups is 2. The van der Waals surface area contributed by atoms with Crippen LogP contribution in [0.25, 0.3) is 4.96 Å². The van der Waals surface area contributed by atoms with Gasteiger partial charge in [-0.15, -0.1) is 11.3 Å². The number of benzene rings is 1. The van der Waals surface area contributed by atoms with Crippen molar-refractivity contribution in [3.8, 4) is 0 Å². The first-order chi connectivity index (χ1) is 13.9. The summed E-state index contributed by atoms with van der Waals surface area (Å²) in [6.45, 7) is 5.89. The highest BCUT2D eigenvalue weighted by molar-refractivity contribution is 7.17.